The molecule has 0 atom stereocenters. The number of alkyl halides is 6. The van der Waals surface area contributed by atoms with Crippen LogP contribution in [0.15, 0.2) is 53.4 Å². The van der Waals surface area contributed by atoms with Gasteiger partial charge in [-0.15, -0.1) is 0 Å². The number of fused-ring (bicyclic) bond motifs is 6. The second kappa shape index (κ2) is 16.0. The lowest BCUT2D eigenvalue weighted by atomic mass is 9.93. The van der Waals surface area contributed by atoms with Crippen LogP contribution in [0.3, 0.4) is 0 Å². The van der Waals surface area contributed by atoms with Crippen molar-refractivity contribution >= 4 is 63.8 Å². The Morgan fingerprint density at radius 2 is 1.62 bits per heavy atom. The normalized spacial score (nSPS) is 14.5. The Morgan fingerprint density at radius 1 is 0.925 bits per heavy atom. The summed E-state index contributed by atoms with van der Waals surface area (Å²) in [5.74, 6) is -5.31. The number of piperidine rings is 1. The van der Waals surface area contributed by atoms with Crippen LogP contribution in [0, 0.1) is 12.8 Å². The van der Waals surface area contributed by atoms with Crippen molar-refractivity contribution in [2.75, 3.05) is 29.0 Å². The minimum Gasteiger partial charge on any atom is -0.361 e. The standard InChI is InChI=1S/C29H29ClN8O3.C4F6O2/c1-17-10-25(37-41-17)28(40)38-8-6-18(7-9-38)12-26(39)35-24-5-4-21-13-20(24)3-2-19-11-22(15-31-14-19)34-29-32-16-23(30)27(33-21)36-29;5-3(6,7)1(11)2(12)4(8,9)10/h4-5,10-11,13-16,18H,2-3,6-9,12H2,1H3,(H,35,39)(H2,32,33,34,36);. The molecule has 0 saturated carbocycles. The van der Waals surface area contributed by atoms with Crippen molar-refractivity contribution < 1.29 is 50.0 Å². The van der Waals surface area contributed by atoms with Gasteiger partial charge in [-0.1, -0.05) is 16.8 Å². The van der Waals surface area contributed by atoms with Gasteiger partial charge in [-0.05, 0) is 73.9 Å². The van der Waals surface area contributed by atoms with Gasteiger partial charge in [-0.25, -0.2) is 4.98 Å². The van der Waals surface area contributed by atoms with Crippen molar-refractivity contribution in [1.82, 2.24) is 25.0 Å². The number of carbonyl (C=O) groups excluding carboxylic acids is 4. The van der Waals surface area contributed by atoms with E-state index in [1.807, 2.05) is 30.5 Å². The van der Waals surface area contributed by atoms with Crippen LogP contribution in [0.2, 0.25) is 5.02 Å². The molecule has 2 aliphatic rings. The number of nitrogens with one attached hydrogen (secondary N) is 3. The van der Waals surface area contributed by atoms with Gasteiger partial charge >= 0.3 is 23.9 Å². The number of benzene rings is 1. The number of likely N-dealkylation sites (tertiary alicyclic amines) is 1. The van der Waals surface area contributed by atoms with E-state index in [1.54, 1.807) is 30.3 Å². The van der Waals surface area contributed by atoms with Crippen molar-refractivity contribution in [3.63, 3.8) is 0 Å². The number of halogens is 7. The summed E-state index contributed by atoms with van der Waals surface area (Å²) < 4.78 is 72.0. The average molecular weight is 767 g/mol. The predicted octanol–water partition coefficient (Wildman–Crippen LogP) is 6.54. The summed E-state index contributed by atoms with van der Waals surface area (Å²) in [6.45, 7) is 2.93. The fourth-order valence-corrected chi connectivity index (χ4v) is 5.58. The Morgan fingerprint density at radius 3 is 2.26 bits per heavy atom. The summed E-state index contributed by atoms with van der Waals surface area (Å²) in [6, 6.07) is 9.46. The first kappa shape index (κ1) is 38.6. The van der Waals surface area contributed by atoms with E-state index in [9.17, 15) is 45.5 Å². The van der Waals surface area contributed by atoms with E-state index in [0.29, 0.717) is 54.2 Å². The quantitative estimate of drug-likeness (QED) is 0.149. The zero-order valence-corrected chi connectivity index (χ0v) is 28.3. The molecule has 3 aromatic heterocycles. The smallest absolute Gasteiger partial charge is 0.361 e. The maximum absolute atomic E-state index is 13.1. The number of hydrogen-bond donors (Lipinski definition) is 3. The number of pyridine rings is 1. The summed E-state index contributed by atoms with van der Waals surface area (Å²) in [5.41, 5.74) is 4.69. The molecular formula is C33H29ClF6N8O5. The van der Waals surface area contributed by atoms with Crippen molar-refractivity contribution in [3.8, 4) is 0 Å². The first-order valence-electron chi connectivity index (χ1n) is 15.8. The molecule has 6 rings (SSSR count). The SMILES string of the molecule is Cc1cc(C(=O)N2CCC(CC(=O)Nc3ccc4cc3CCc3cncc(c3)Nc3ncc(Cl)c(n3)N4)CC2)no1.O=C(C(=O)C(F)(F)F)C(F)(F)F. The van der Waals surface area contributed by atoms with Gasteiger partial charge in [0.05, 0.1) is 18.1 Å². The van der Waals surface area contributed by atoms with Gasteiger partial charge in [0.2, 0.25) is 11.9 Å². The molecule has 0 radical (unpaired) electrons. The summed E-state index contributed by atoms with van der Waals surface area (Å²) in [7, 11) is 0. The van der Waals surface area contributed by atoms with E-state index in [4.69, 9.17) is 16.1 Å². The van der Waals surface area contributed by atoms with Crippen LogP contribution in [0.25, 0.3) is 0 Å². The lowest BCUT2D eigenvalue weighted by Crippen LogP contribution is -2.39. The molecule has 1 fully saturated rings. The summed E-state index contributed by atoms with van der Waals surface area (Å²) >= 11 is 6.37. The van der Waals surface area contributed by atoms with Crippen LogP contribution in [0.1, 0.15) is 46.6 Å². The number of anilines is 5. The van der Waals surface area contributed by atoms with Crippen molar-refractivity contribution in [2.45, 2.75) is 51.4 Å². The molecule has 280 valence electrons. The number of Topliss-reactive ketones (excluding diaryl/α,β-unsaturated/α-hetero) is 2. The minimum atomic E-state index is -5.77. The lowest BCUT2D eigenvalue weighted by molar-refractivity contribution is -0.193. The highest BCUT2D eigenvalue weighted by Gasteiger charge is 2.54. The average Bonchev–Trinajstić information content (AvgIpc) is 3.54. The third-order valence-electron chi connectivity index (χ3n) is 8.06. The molecule has 3 N–H and O–H groups in total. The number of carbonyl (C=O) groups is 4. The van der Waals surface area contributed by atoms with Crippen molar-refractivity contribution in [2.24, 2.45) is 5.92 Å². The molecule has 0 spiro atoms. The van der Waals surface area contributed by atoms with E-state index < -0.39 is 23.9 Å². The van der Waals surface area contributed by atoms with E-state index in [2.05, 4.69) is 36.1 Å². The van der Waals surface area contributed by atoms with Crippen molar-refractivity contribution in [3.05, 3.63) is 76.5 Å². The molecule has 5 heterocycles. The van der Waals surface area contributed by atoms with Crippen LogP contribution in [-0.4, -0.2) is 73.8 Å². The number of nitrogens with zero attached hydrogens (tertiary/aromatic N) is 5. The Kier molecular flexibility index (Phi) is 11.6. The Balaban J connectivity index is 0.000000390. The summed E-state index contributed by atoms with van der Waals surface area (Å²) in [5, 5.41) is 13.8. The third-order valence-corrected chi connectivity index (χ3v) is 8.34. The molecule has 53 heavy (non-hydrogen) atoms. The molecule has 4 aromatic rings. The van der Waals surface area contributed by atoms with Gasteiger partial charge in [-0.3, -0.25) is 24.2 Å². The van der Waals surface area contributed by atoms with Crippen LogP contribution >= 0.6 is 11.6 Å². The Labute approximate surface area is 301 Å². The van der Waals surface area contributed by atoms with Crippen molar-refractivity contribution in [1.29, 1.82) is 0 Å². The fourth-order valence-electron chi connectivity index (χ4n) is 5.44. The number of hydrogen-bond acceptors (Lipinski definition) is 11. The molecule has 2 aliphatic heterocycles. The number of rotatable bonds is 5. The number of aryl methyl sites for hydroxylation is 3. The zero-order chi connectivity index (χ0) is 38.5. The van der Waals surface area contributed by atoms with E-state index in [1.165, 1.54) is 0 Å². The second-order valence-corrected chi connectivity index (χ2v) is 12.5. The monoisotopic (exact) mass is 766 g/mol. The molecule has 1 aromatic carbocycles. The van der Waals surface area contributed by atoms with Gasteiger partial charge in [-0.2, -0.15) is 31.3 Å². The van der Waals surface area contributed by atoms with Gasteiger partial charge in [0.1, 0.15) is 10.8 Å². The highest BCUT2D eigenvalue weighted by molar-refractivity contribution is 6.41. The first-order valence-corrected chi connectivity index (χ1v) is 16.2. The van der Waals surface area contributed by atoms with E-state index >= 15 is 0 Å². The zero-order valence-electron chi connectivity index (χ0n) is 27.6. The Hall–Kier alpha value is -5.59. The maximum Gasteiger partial charge on any atom is 0.458 e. The lowest BCUT2D eigenvalue weighted by Gasteiger charge is -2.31. The molecule has 2 amide bonds. The molecule has 1 saturated heterocycles. The molecular weight excluding hydrogens is 738 g/mol. The second-order valence-electron chi connectivity index (χ2n) is 12.1. The molecule has 6 bridgehead atoms. The van der Waals surface area contributed by atoms with Gasteiger partial charge in [0.25, 0.3) is 5.91 Å². The molecule has 13 nitrogen and oxygen atoms in total. The molecule has 20 heteroatoms. The van der Waals surface area contributed by atoms with Crippen LogP contribution < -0.4 is 16.0 Å². The van der Waals surface area contributed by atoms with E-state index in [-0.39, 0.29) is 17.7 Å². The van der Waals surface area contributed by atoms with Gasteiger partial charge < -0.3 is 25.4 Å². The largest absolute Gasteiger partial charge is 0.458 e. The van der Waals surface area contributed by atoms with Crippen LogP contribution in [0.5, 0.6) is 0 Å². The predicted molar refractivity (Wildman–Crippen MR) is 177 cm³/mol. The number of ketones is 2. The first-order chi connectivity index (χ1) is 25.0. The molecule has 0 aliphatic carbocycles. The minimum absolute atomic E-state index is 0.0434. The van der Waals surface area contributed by atoms with Gasteiger partial charge in [0, 0.05) is 43.1 Å². The summed E-state index contributed by atoms with van der Waals surface area (Å²) in [6.07, 6.45) is -3.13. The Bertz CT molecular complexity index is 1990. The number of aromatic nitrogens is 4. The number of amides is 2. The topological polar surface area (TPSA) is 172 Å². The highest BCUT2D eigenvalue weighted by atomic mass is 35.5. The van der Waals surface area contributed by atoms with Gasteiger partial charge in [0.15, 0.2) is 11.5 Å². The molecule has 0 unspecified atom stereocenters. The third kappa shape index (κ3) is 10.3. The fraction of sp³-hybridized carbons (Fsp3) is 0.333. The summed E-state index contributed by atoms with van der Waals surface area (Å²) in [4.78, 5) is 60.0. The van der Waals surface area contributed by atoms with Crippen LogP contribution in [-0.2, 0) is 27.2 Å². The van der Waals surface area contributed by atoms with E-state index in [0.717, 1.165) is 47.5 Å². The van der Waals surface area contributed by atoms with Crippen LogP contribution in [0.4, 0.5) is 55.2 Å². The maximum atomic E-state index is 13.1. The highest BCUT2D eigenvalue weighted by Crippen LogP contribution is 2.30.